The van der Waals surface area contributed by atoms with Crippen LogP contribution in [-0.2, 0) is 13.5 Å². The monoisotopic (exact) mass is 272 g/mol. The predicted octanol–water partition coefficient (Wildman–Crippen LogP) is 3.58. The number of alkyl halides is 1. The van der Waals surface area contributed by atoms with Crippen LogP contribution in [0.3, 0.4) is 0 Å². The standard InChI is InChI=1S/C13H18Cl2N2/c1-8-12(15)11(17(2)16-8)6-13(7-14)4-9-3-10(9)5-13/h9-10H,3-7H2,1-2H3. The number of nitrogens with zero attached hydrogens (tertiary/aromatic N) is 2. The van der Waals surface area contributed by atoms with Gasteiger partial charge in [0.15, 0.2) is 0 Å². The Bertz CT molecular complexity index is 443. The number of halogens is 2. The molecule has 17 heavy (non-hydrogen) atoms. The molecule has 1 heterocycles. The number of aromatic nitrogens is 2. The second-order valence-electron chi connectivity index (χ2n) is 5.94. The van der Waals surface area contributed by atoms with E-state index in [4.69, 9.17) is 23.2 Å². The van der Waals surface area contributed by atoms with Gasteiger partial charge in [0, 0.05) is 12.9 Å². The van der Waals surface area contributed by atoms with Crippen LogP contribution in [0.2, 0.25) is 5.02 Å². The van der Waals surface area contributed by atoms with Crippen LogP contribution < -0.4 is 0 Å². The number of hydrogen-bond acceptors (Lipinski definition) is 1. The molecule has 94 valence electrons. The fourth-order valence-electron chi connectivity index (χ4n) is 3.53. The summed E-state index contributed by atoms with van der Waals surface area (Å²) >= 11 is 12.6. The minimum absolute atomic E-state index is 0.277. The van der Waals surface area contributed by atoms with Crippen LogP contribution >= 0.6 is 23.2 Å². The maximum Gasteiger partial charge on any atom is 0.0847 e. The third-order valence-electron chi connectivity index (χ3n) is 4.55. The molecule has 0 aromatic carbocycles. The van der Waals surface area contributed by atoms with Gasteiger partial charge < -0.3 is 0 Å². The van der Waals surface area contributed by atoms with E-state index < -0.39 is 0 Å². The maximum atomic E-state index is 6.33. The molecule has 0 amide bonds. The molecule has 0 N–H and O–H groups in total. The van der Waals surface area contributed by atoms with Crippen molar-refractivity contribution < 1.29 is 0 Å². The molecule has 0 saturated heterocycles. The van der Waals surface area contributed by atoms with E-state index in [-0.39, 0.29) is 5.41 Å². The van der Waals surface area contributed by atoms with Crippen LogP contribution in [0.15, 0.2) is 0 Å². The van der Waals surface area contributed by atoms with Gasteiger partial charge in [-0.1, -0.05) is 11.6 Å². The Balaban J connectivity index is 1.85. The highest BCUT2D eigenvalue weighted by atomic mass is 35.5. The topological polar surface area (TPSA) is 17.8 Å². The number of rotatable bonds is 3. The zero-order valence-corrected chi connectivity index (χ0v) is 11.9. The van der Waals surface area contributed by atoms with Gasteiger partial charge in [0.2, 0.25) is 0 Å². The smallest absolute Gasteiger partial charge is 0.0847 e. The van der Waals surface area contributed by atoms with E-state index in [1.165, 1.54) is 19.3 Å². The summed E-state index contributed by atoms with van der Waals surface area (Å²) in [5, 5.41) is 5.22. The molecule has 2 unspecified atom stereocenters. The van der Waals surface area contributed by atoms with E-state index in [1.54, 1.807) is 0 Å². The average molecular weight is 273 g/mol. The lowest BCUT2D eigenvalue weighted by atomic mass is 9.80. The van der Waals surface area contributed by atoms with Gasteiger partial charge in [-0.05, 0) is 49.9 Å². The van der Waals surface area contributed by atoms with Gasteiger partial charge in [0.25, 0.3) is 0 Å². The van der Waals surface area contributed by atoms with Crippen LogP contribution in [0.25, 0.3) is 0 Å². The molecule has 2 fully saturated rings. The average Bonchev–Trinajstić information content (AvgIpc) is 2.85. The highest BCUT2D eigenvalue weighted by Gasteiger charge is 2.53. The molecule has 2 aliphatic rings. The zero-order chi connectivity index (χ0) is 12.2. The van der Waals surface area contributed by atoms with Gasteiger partial charge in [-0.2, -0.15) is 5.10 Å². The molecule has 0 radical (unpaired) electrons. The van der Waals surface area contributed by atoms with E-state index in [2.05, 4.69) is 5.10 Å². The number of aryl methyl sites for hydroxylation is 2. The molecule has 2 aliphatic carbocycles. The Morgan fingerprint density at radius 3 is 2.53 bits per heavy atom. The molecule has 2 atom stereocenters. The first-order valence-corrected chi connectivity index (χ1v) is 7.20. The van der Waals surface area contributed by atoms with Crippen LogP contribution in [0.5, 0.6) is 0 Å². The van der Waals surface area contributed by atoms with Crippen molar-refractivity contribution in [2.45, 2.75) is 32.6 Å². The van der Waals surface area contributed by atoms with Gasteiger partial charge in [-0.15, -0.1) is 11.6 Å². The molecule has 4 heteroatoms. The van der Waals surface area contributed by atoms with Gasteiger partial charge in [0.05, 0.1) is 16.4 Å². The van der Waals surface area contributed by atoms with Crippen molar-refractivity contribution in [1.82, 2.24) is 9.78 Å². The molecule has 0 aliphatic heterocycles. The van der Waals surface area contributed by atoms with Crippen molar-refractivity contribution in [3.8, 4) is 0 Å². The van der Waals surface area contributed by atoms with Crippen molar-refractivity contribution in [2.24, 2.45) is 24.3 Å². The molecular formula is C13H18Cl2N2. The molecule has 2 nitrogen and oxygen atoms in total. The summed E-state index contributed by atoms with van der Waals surface area (Å²) < 4.78 is 1.93. The Hall–Kier alpha value is -0.210. The molecule has 1 aromatic rings. The Labute approximate surface area is 112 Å². The van der Waals surface area contributed by atoms with Gasteiger partial charge >= 0.3 is 0 Å². The van der Waals surface area contributed by atoms with Crippen LogP contribution in [-0.4, -0.2) is 15.7 Å². The lowest BCUT2D eigenvalue weighted by molar-refractivity contribution is 0.296. The van der Waals surface area contributed by atoms with Gasteiger partial charge in [-0.25, -0.2) is 0 Å². The SMILES string of the molecule is Cc1nn(C)c(CC2(CCl)CC3CC3C2)c1Cl. The third-order valence-corrected chi connectivity index (χ3v) is 5.61. The highest BCUT2D eigenvalue weighted by molar-refractivity contribution is 6.31. The first-order chi connectivity index (χ1) is 8.04. The summed E-state index contributed by atoms with van der Waals surface area (Å²) in [6.07, 6.45) is 4.97. The van der Waals surface area contributed by atoms with Gasteiger partial charge in [0.1, 0.15) is 0 Å². The van der Waals surface area contributed by atoms with Crippen molar-refractivity contribution in [3.63, 3.8) is 0 Å². The normalized spacial score (nSPS) is 35.1. The van der Waals surface area contributed by atoms with E-state index in [1.807, 2.05) is 18.7 Å². The van der Waals surface area contributed by atoms with Crippen molar-refractivity contribution in [3.05, 3.63) is 16.4 Å². The summed E-state index contributed by atoms with van der Waals surface area (Å²) in [4.78, 5) is 0. The quantitative estimate of drug-likeness (QED) is 0.770. The largest absolute Gasteiger partial charge is 0.271 e. The first kappa shape index (κ1) is 11.9. The molecule has 3 rings (SSSR count). The van der Waals surface area contributed by atoms with E-state index in [0.29, 0.717) is 0 Å². The summed E-state index contributed by atoms with van der Waals surface area (Å²) in [6.45, 7) is 1.96. The van der Waals surface area contributed by atoms with Crippen molar-refractivity contribution >= 4 is 23.2 Å². The Morgan fingerprint density at radius 1 is 1.41 bits per heavy atom. The number of hydrogen-bond donors (Lipinski definition) is 0. The second-order valence-corrected chi connectivity index (χ2v) is 6.59. The zero-order valence-electron chi connectivity index (χ0n) is 10.3. The minimum Gasteiger partial charge on any atom is -0.271 e. The second kappa shape index (κ2) is 3.89. The van der Waals surface area contributed by atoms with Crippen LogP contribution in [0.1, 0.15) is 30.7 Å². The van der Waals surface area contributed by atoms with Crippen molar-refractivity contribution in [2.75, 3.05) is 5.88 Å². The predicted molar refractivity (Wildman–Crippen MR) is 70.6 cm³/mol. The summed E-state index contributed by atoms with van der Waals surface area (Å²) in [6, 6.07) is 0. The maximum absolute atomic E-state index is 6.33. The van der Waals surface area contributed by atoms with Crippen molar-refractivity contribution in [1.29, 1.82) is 0 Å². The lowest BCUT2D eigenvalue weighted by Crippen LogP contribution is -2.25. The molecule has 0 bridgehead atoms. The summed E-state index contributed by atoms with van der Waals surface area (Å²) in [5.74, 6) is 2.64. The third kappa shape index (κ3) is 1.90. The summed E-state index contributed by atoms with van der Waals surface area (Å²) in [5.41, 5.74) is 2.36. The van der Waals surface area contributed by atoms with E-state index >= 15 is 0 Å². The summed E-state index contributed by atoms with van der Waals surface area (Å²) in [7, 11) is 1.98. The first-order valence-electron chi connectivity index (χ1n) is 6.28. The Morgan fingerprint density at radius 2 is 2.06 bits per heavy atom. The van der Waals surface area contributed by atoms with Gasteiger partial charge in [-0.3, -0.25) is 4.68 Å². The fourth-order valence-corrected chi connectivity index (χ4v) is 4.07. The molecule has 1 aromatic heterocycles. The lowest BCUT2D eigenvalue weighted by Gasteiger charge is -2.28. The minimum atomic E-state index is 0.277. The molecule has 0 spiro atoms. The number of fused-ring (bicyclic) bond motifs is 1. The van der Waals surface area contributed by atoms with Crippen LogP contribution in [0.4, 0.5) is 0 Å². The highest BCUT2D eigenvalue weighted by Crippen LogP contribution is 2.61. The van der Waals surface area contributed by atoms with E-state index in [9.17, 15) is 0 Å². The fraction of sp³-hybridized carbons (Fsp3) is 0.769. The van der Waals surface area contributed by atoms with E-state index in [0.717, 1.165) is 40.5 Å². The molecule has 2 saturated carbocycles. The molecular weight excluding hydrogens is 255 g/mol. The Kier molecular flexibility index (Phi) is 2.71. The van der Waals surface area contributed by atoms with Crippen LogP contribution in [0, 0.1) is 24.2 Å².